The third kappa shape index (κ3) is 6.49. The van der Waals surface area contributed by atoms with Crippen molar-refractivity contribution in [1.29, 1.82) is 0 Å². The van der Waals surface area contributed by atoms with E-state index < -0.39 is 0 Å². The van der Waals surface area contributed by atoms with Gasteiger partial charge in [-0.15, -0.1) is 24.0 Å². The van der Waals surface area contributed by atoms with Gasteiger partial charge in [-0.2, -0.15) is 0 Å². The van der Waals surface area contributed by atoms with Crippen LogP contribution in [0.4, 0.5) is 0 Å². The fourth-order valence-corrected chi connectivity index (χ4v) is 4.63. The van der Waals surface area contributed by atoms with Crippen LogP contribution in [-0.2, 0) is 11.2 Å². The molecule has 2 unspecified atom stereocenters. The van der Waals surface area contributed by atoms with Gasteiger partial charge in [0.1, 0.15) is 5.75 Å². The van der Waals surface area contributed by atoms with Gasteiger partial charge < -0.3 is 20.3 Å². The summed E-state index contributed by atoms with van der Waals surface area (Å²) in [4.78, 5) is 18.7. The lowest BCUT2D eigenvalue weighted by molar-refractivity contribution is -0.123. The topological polar surface area (TPSA) is 66.0 Å². The van der Waals surface area contributed by atoms with E-state index in [1.165, 1.54) is 31.2 Å². The molecule has 1 amide bonds. The third-order valence-corrected chi connectivity index (χ3v) is 6.42. The van der Waals surface area contributed by atoms with E-state index in [2.05, 4.69) is 32.7 Å². The summed E-state index contributed by atoms with van der Waals surface area (Å²) >= 11 is 0. The third-order valence-electron chi connectivity index (χ3n) is 6.42. The second-order valence-corrected chi connectivity index (χ2v) is 8.71. The number of carbonyl (C=O) groups excluding carboxylic acids is 1. The molecule has 0 aromatic heterocycles. The van der Waals surface area contributed by atoms with Gasteiger partial charge in [-0.3, -0.25) is 9.79 Å². The van der Waals surface area contributed by atoms with E-state index in [4.69, 9.17) is 4.74 Å². The van der Waals surface area contributed by atoms with E-state index in [0.29, 0.717) is 6.04 Å². The van der Waals surface area contributed by atoms with Crippen LogP contribution in [0, 0.1) is 11.8 Å². The summed E-state index contributed by atoms with van der Waals surface area (Å²) in [6, 6.07) is 8.41. The first-order valence-electron chi connectivity index (χ1n) is 11.2. The molecule has 1 aliphatic heterocycles. The molecule has 3 aliphatic rings. The highest BCUT2D eigenvalue weighted by atomic mass is 127. The van der Waals surface area contributed by atoms with Gasteiger partial charge in [0.15, 0.2) is 12.6 Å². The van der Waals surface area contributed by atoms with E-state index in [-0.39, 0.29) is 36.5 Å². The Morgan fingerprint density at radius 2 is 1.77 bits per heavy atom. The largest absolute Gasteiger partial charge is 0.484 e. The Hall–Kier alpha value is -1.51. The van der Waals surface area contributed by atoms with Gasteiger partial charge in [0.2, 0.25) is 0 Å². The number of hydrogen-bond donors (Lipinski definition) is 2. The van der Waals surface area contributed by atoms with Gasteiger partial charge in [0, 0.05) is 32.7 Å². The number of guanidine groups is 1. The van der Waals surface area contributed by atoms with E-state index in [1.54, 1.807) is 0 Å². The maximum Gasteiger partial charge on any atom is 0.258 e. The summed E-state index contributed by atoms with van der Waals surface area (Å²) in [5.74, 6) is 3.47. The molecule has 0 radical (unpaired) electrons. The molecule has 1 aromatic carbocycles. The molecule has 0 bridgehead atoms. The van der Waals surface area contributed by atoms with Crippen LogP contribution >= 0.6 is 24.0 Å². The van der Waals surface area contributed by atoms with Gasteiger partial charge in [0.25, 0.3) is 5.91 Å². The lowest BCUT2D eigenvalue weighted by atomic mass is 9.82. The van der Waals surface area contributed by atoms with Crippen LogP contribution in [-0.4, -0.2) is 56.1 Å². The quantitative estimate of drug-likeness (QED) is 0.326. The fraction of sp³-hybridized carbons (Fsp3) is 0.652. The van der Waals surface area contributed by atoms with Crippen molar-refractivity contribution >= 4 is 35.8 Å². The van der Waals surface area contributed by atoms with Gasteiger partial charge in [0.05, 0.1) is 0 Å². The van der Waals surface area contributed by atoms with Crippen molar-refractivity contribution in [3.63, 3.8) is 0 Å². The number of hydrogen-bond acceptors (Lipinski definition) is 3. The molecule has 4 rings (SSSR count). The lowest BCUT2D eigenvalue weighted by Crippen LogP contribution is -2.41. The minimum absolute atomic E-state index is 0. The Bertz CT molecular complexity index is 706. The first-order valence-corrected chi connectivity index (χ1v) is 11.2. The van der Waals surface area contributed by atoms with Crippen molar-refractivity contribution in [3.05, 3.63) is 29.8 Å². The van der Waals surface area contributed by atoms with Crippen molar-refractivity contribution in [1.82, 2.24) is 15.5 Å². The van der Waals surface area contributed by atoms with E-state index in [9.17, 15) is 4.79 Å². The van der Waals surface area contributed by atoms with Crippen LogP contribution in [0.25, 0.3) is 0 Å². The van der Waals surface area contributed by atoms with Crippen LogP contribution in [0.5, 0.6) is 5.75 Å². The Balaban J connectivity index is 0.00000256. The summed E-state index contributed by atoms with van der Waals surface area (Å²) in [7, 11) is 1.88. The summed E-state index contributed by atoms with van der Waals surface area (Å²) < 4.78 is 5.57. The minimum Gasteiger partial charge on any atom is -0.484 e. The Morgan fingerprint density at radius 3 is 2.37 bits per heavy atom. The zero-order valence-electron chi connectivity index (χ0n) is 17.9. The molecule has 2 saturated carbocycles. The molecule has 3 fully saturated rings. The molecule has 0 spiro atoms. The summed E-state index contributed by atoms with van der Waals surface area (Å²) in [6.45, 7) is 3.27. The van der Waals surface area contributed by atoms with Gasteiger partial charge >= 0.3 is 0 Å². The monoisotopic (exact) mass is 526 g/mol. The molecule has 1 heterocycles. The predicted octanol–water partition coefficient (Wildman–Crippen LogP) is 3.20. The van der Waals surface area contributed by atoms with Crippen molar-refractivity contribution in [3.8, 4) is 5.75 Å². The molecule has 6 nitrogen and oxygen atoms in total. The molecular formula is C23H35IN4O2. The summed E-state index contributed by atoms with van der Waals surface area (Å²) in [6.07, 6.45) is 8.68. The van der Waals surface area contributed by atoms with Crippen molar-refractivity contribution in [2.75, 3.05) is 33.3 Å². The summed E-state index contributed by atoms with van der Waals surface area (Å²) in [5.41, 5.74) is 1.25. The second kappa shape index (κ2) is 11.2. The molecule has 2 atom stereocenters. The molecular weight excluding hydrogens is 491 g/mol. The maximum absolute atomic E-state index is 11.7. The Labute approximate surface area is 197 Å². The minimum atomic E-state index is -0.0334. The van der Waals surface area contributed by atoms with E-state index in [1.807, 2.05) is 19.2 Å². The number of rotatable bonds is 7. The standard InChI is InChI=1S/C23H34N4O2.HI/c1-24-23(27-14-18-4-2-3-5-19(18)15-27)25-13-12-17-6-10-21(11-7-17)29-16-22(28)26-20-8-9-20;/h6-7,10-11,18-20H,2-5,8-9,12-16H2,1H3,(H,24,25)(H,26,28);1H. The number of aliphatic imine (C=N–C) groups is 1. The van der Waals surface area contributed by atoms with Gasteiger partial charge in [-0.05, 0) is 61.6 Å². The zero-order valence-corrected chi connectivity index (χ0v) is 20.3. The number of amides is 1. The van der Waals surface area contributed by atoms with Crippen molar-refractivity contribution in [2.45, 2.75) is 51.0 Å². The fourth-order valence-electron chi connectivity index (χ4n) is 4.63. The maximum atomic E-state index is 11.7. The van der Waals surface area contributed by atoms with Crippen molar-refractivity contribution < 1.29 is 9.53 Å². The van der Waals surface area contributed by atoms with Gasteiger partial charge in [-0.25, -0.2) is 0 Å². The van der Waals surface area contributed by atoms with Crippen LogP contribution in [0.1, 0.15) is 44.1 Å². The highest BCUT2D eigenvalue weighted by molar-refractivity contribution is 14.0. The Kier molecular flexibility index (Phi) is 8.65. The van der Waals surface area contributed by atoms with Crippen molar-refractivity contribution in [2.24, 2.45) is 16.8 Å². The zero-order chi connectivity index (χ0) is 20.1. The average Bonchev–Trinajstić information content (AvgIpc) is 3.45. The summed E-state index contributed by atoms with van der Waals surface area (Å²) in [5, 5.41) is 6.47. The molecule has 2 aliphatic carbocycles. The second-order valence-electron chi connectivity index (χ2n) is 8.71. The lowest BCUT2D eigenvalue weighted by Gasteiger charge is -2.22. The van der Waals surface area contributed by atoms with Gasteiger partial charge in [-0.1, -0.05) is 25.0 Å². The predicted molar refractivity (Wildman–Crippen MR) is 131 cm³/mol. The molecule has 7 heteroatoms. The number of halogens is 1. The number of nitrogens with zero attached hydrogens (tertiary/aromatic N) is 2. The molecule has 2 N–H and O–H groups in total. The number of fused-ring (bicyclic) bond motifs is 1. The van der Waals surface area contributed by atoms with Crippen LogP contribution < -0.4 is 15.4 Å². The number of ether oxygens (including phenoxy) is 1. The molecule has 166 valence electrons. The van der Waals surface area contributed by atoms with E-state index in [0.717, 1.165) is 62.4 Å². The highest BCUT2D eigenvalue weighted by Crippen LogP contribution is 2.35. The van der Waals surface area contributed by atoms with Crippen LogP contribution in [0.15, 0.2) is 29.3 Å². The molecule has 30 heavy (non-hydrogen) atoms. The normalized spacial score (nSPS) is 23.4. The first kappa shape index (κ1) is 23.2. The molecule has 1 saturated heterocycles. The van der Waals surface area contributed by atoms with Crippen LogP contribution in [0.2, 0.25) is 0 Å². The Morgan fingerprint density at radius 1 is 1.10 bits per heavy atom. The smallest absolute Gasteiger partial charge is 0.258 e. The number of carbonyl (C=O) groups is 1. The average molecular weight is 526 g/mol. The first-order chi connectivity index (χ1) is 14.2. The highest BCUT2D eigenvalue weighted by Gasteiger charge is 2.35. The SMILES string of the molecule is CN=C(NCCc1ccc(OCC(=O)NC2CC2)cc1)N1CC2CCCCC2C1.I. The number of benzene rings is 1. The van der Waals surface area contributed by atoms with E-state index >= 15 is 0 Å². The molecule has 1 aromatic rings. The number of nitrogens with one attached hydrogen (secondary N) is 2. The van der Waals surface area contributed by atoms with Crippen LogP contribution in [0.3, 0.4) is 0 Å². The number of likely N-dealkylation sites (tertiary alicyclic amines) is 1.